The minimum Gasteiger partial charge on any atom is -0.379 e. The minimum absolute atomic E-state index is 0.0875. The Balaban J connectivity index is 1.09. The summed E-state index contributed by atoms with van der Waals surface area (Å²) in [6, 6.07) is 23.4. The van der Waals surface area contributed by atoms with Gasteiger partial charge in [0, 0.05) is 60.7 Å². The molecule has 0 aromatic heterocycles. The number of benzene rings is 3. The van der Waals surface area contributed by atoms with Gasteiger partial charge in [-0.3, -0.25) is 14.6 Å². The number of anilines is 3. The molecule has 3 aliphatic heterocycles. The van der Waals surface area contributed by atoms with Crippen molar-refractivity contribution in [1.82, 2.24) is 9.80 Å². The molecule has 7 heteroatoms. The highest BCUT2D eigenvalue weighted by molar-refractivity contribution is 6.30. The second-order valence-corrected chi connectivity index (χ2v) is 11.8. The van der Waals surface area contributed by atoms with Crippen LogP contribution in [0.4, 0.5) is 17.1 Å². The van der Waals surface area contributed by atoms with Gasteiger partial charge < -0.3 is 15.4 Å². The number of morpholine rings is 1. The Morgan fingerprint density at radius 3 is 2.55 bits per heavy atom. The number of carbonyl (C=O) groups excluding carboxylic acids is 1. The van der Waals surface area contributed by atoms with E-state index in [-0.39, 0.29) is 5.91 Å². The first-order valence-electron chi connectivity index (χ1n) is 14.7. The first-order valence-corrected chi connectivity index (χ1v) is 15.0. The van der Waals surface area contributed by atoms with Gasteiger partial charge in [0.15, 0.2) is 0 Å². The van der Waals surface area contributed by atoms with E-state index in [0.717, 1.165) is 93.7 Å². The first-order chi connectivity index (χ1) is 19.6. The Bertz CT molecular complexity index is 1310. The lowest BCUT2D eigenvalue weighted by Gasteiger charge is -2.45. The van der Waals surface area contributed by atoms with Crippen LogP contribution in [0.2, 0.25) is 5.02 Å². The van der Waals surface area contributed by atoms with Gasteiger partial charge in [-0.15, -0.1) is 0 Å². The summed E-state index contributed by atoms with van der Waals surface area (Å²) in [7, 11) is 0. The smallest absolute Gasteiger partial charge is 0.224 e. The fourth-order valence-corrected chi connectivity index (χ4v) is 6.69. The predicted octanol–water partition coefficient (Wildman–Crippen LogP) is 6.12. The molecule has 3 aromatic rings. The summed E-state index contributed by atoms with van der Waals surface area (Å²) >= 11 is 6.10. The molecule has 6 nitrogen and oxygen atoms in total. The molecule has 2 saturated heterocycles. The summed E-state index contributed by atoms with van der Waals surface area (Å²) in [5, 5.41) is 7.55. The number of fused-ring (bicyclic) bond motifs is 2. The average Bonchev–Trinajstić information content (AvgIpc) is 3.17. The standard InChI is InChI=1S/C33H39ClN4O2/c34-28-11-5-24(6-12-28)22-37-16-15-32(38-17-19-40-20-18-38)27(23-37)10-14-33(39)35-29-13-9-26-8-7-25-3-1-2-4-30(25)36-31(26)21-29/h1-6,9,11-13,21,27,32,36H,7-8,10,14-20,22-23H2,(H,35,39)/t27-,32+/m0/s1. The number of piperidine rings is 1. The number of hydrogen-bond donors (Lipinski definition) is 2. The van der Waals surface area contributed by atoms with Crippen LogP contribution in [0.1, 0.15) is 36.0 Å². The normalized spacial score (nSPS) is 21.5. The number of nitrogens with zero attached hydrogens (tertiary/aromatic N) is 2. The molecule has 1 amide bonds. The van der Waals surface area contributed by atoms with Gasteiger partial charge in [-0.05, 0) is 85.2 Å². The zero-order valence-corrected chi connectivity index (χ0v) is 23.8. The Morgan fingerprint density at radius 2 is 1.73 bits per heavy atom. The molecule has 0 radical (unpaired) electrons. The van der Waals surface area contributed by atoms with Gasteiger partial charge in [0.2, 0.25) is 5.91 Å². The topological polar surface area (TPSA) is 56.8 Å². The quantitative estimate of drug-likeness (QED) is 0.366. The molecule has 3 aromatic carbocycles. The number of aryl methyl sites for hydroxylation is 2. The number of hydrogen-bond acceptors (Lipinski definition) is 5. The molecule has 2 N–H and O–H groups in total. The summed E-state index contributed by atoms with van der Waals surface area (Å²) in [5.41, 5.74) is 6.99. The Kier molecular flexibility index (Phi) is 8.68. The van der Waals surface area contributed by atoms with Crippen LogP contribution < -0.4 is 10.6 Å². The van der Waals surface area contributed by atoms with E-state index >= 15 is 0 Å². The average molecular weight is 559 g/mol. The van der Waals surface area contributed by atoms with E-state index in [1.165, 1.54) is 16.7 Å². The third-order valence-corrected chi connectivity index (χ3v) is 8.95. The van der Waals surface area contributed by atoms with Crippen LogP contribution in [-0.4, -0.2) is 61.1 Å². The van der Waals surface area contributed by atoms with Crippen LogP contribution in [0.15, 0.2) is 66.7 Å². The summed E-state index contributed by atoms with van der Waals surface area (Å²) in [5.74, 6) is 0.527. The van der Waals surface area contributed by atoms with Crippen LogP contribution in [0.25, 0.3) is 0 Å². The van der Waals surface area contributed by atoms with Gasteiger partial charge in [0.05, 0.1) is 13.2 Å². The van der Waals surface area contributed by atoms with Crippen molar-refractivity contribution < 1.29 is 9.53 Å². The maximum atomic E-state index is 13.2. The molecule has 40 heavy (non-hydrogen) atoms. The van der Waals surface area contributed by atoms with E-state index in [4.69, 9.17) is 16.3 Å². The number of halogens is 1. The van der Waals surface area contributed by atoms with Crippen LogP contribution >= 0.6 is 11.6 Å². The van der Waals surface area contributed by atoms with Crippen molar-refractivity contribution in [1.29, 1.82) is 0 Å². The SMILES string of the molecule is O=C(CC[C@H]1CN(Cc2ccc(Cl)cc2)CC[C@H]1N1CCOCC1)Nc1ccc2c(c1)Nc1ccccc1CC2. The summed E-state index contributed by atoms with van der Waals surface area (Å²) in [6.45, 7) is 6.55. The van der Waals surface area contributed by atoms with Crippen LogP contribution in [0, 0.1) is 5.92 Å². The number of para-hydroxylation sites is 1. The maximum Gasteiger partial charge on any atom is 0.224 e. The number of amides is 1. The highest BCUT2D eigenvalue weighted by Crippen LogP contribution is 2.32. The number of rotatable bonds is 7. The largest absolute Gasteiger partial charge is 0.379 e. The van der Waals surface area contributed by atoms with E-state index < -0.39 is 0 Å². The number of carbonyl (C=O) groups is 1. The molecule has 210 valence electrons. The lowest BCUT2D eigenvalue weighted by molar-refractivity contribution is -0.116. The molecule has 3 aliphatic rings. The number of likely N-dealkylation sites (tertiary alicyclic amines) is 1. The zero-order chi connectivity index (χ0) is 27.3. The fraction of sp³-hybridized carbons (Fsp3) is 0.424. The predicted molar refractivity (Wildman–Crippen MR) is 162 cm³/mol. The fourth-order valence-electron chi connectivity index (χ4n) is 6.56. The molecular formula is C33H39ClN4O2. The van der Waals surface area contributed by atoms with E-state index in [1.54, 1.807) is 0 Å². The number of nitrogens with one attached hydrogen (secondary N) is 2. The Labute approximate surface area is 242 Å². The maximum absolute atomic E-state index is 13.2. The molecule has 0 aliphatic carbocycles. The lowest BCUT2D eigenvalue weighted by Crippen LogP contribution is -2.53. The molecule has 6 rings (SSSR count). The molecular weight excluding hydrogens is 520 g/mol. The third-order valence-electron chi connectivity index (χ3n) is 8.70. The molecule has 0 unspecified atom stereocenters. The zero-order valence-electron chi connectivity index (χ0n) is 23.1. The van der Waals surface area contributed by atoms with Crippen molar-refractivity contribution in [3.8, 4) is 0 Å². The van der Waals surface area contributed by atoms with E-state index in [1.807, 2.05) is 18.2 Å². The third kappa shape index (κ3) is 6.69. The summed E-state index contributed by atoms with van der Waals surface area (Å²) in [6.07, 6.45) is 4.53. The van der Waals surface area contributed by atoms with Crippen molar-refractivity contribution in [2.24, 2.45) is 5.92 Å². The van der Waals surface area contributed by atoms with Gasteiger partial charge in [-0.25, -0.2) is 0 Å². The lowest BCUT2D eigenvalue weighted by atomic mass is 9.86. The van der Waals surface area contributed by atoms with Crippen LogP contribution in [-0.2, 0) is 28.9 Å². The van der Waals surface area contributed by atoms with E-state index in [2.05, 4.69) is 69.0 Å². The molecule has 0 saturated carbocycles. The van der Waals surface area contributed by atoms with E-state index in [0.29, 0.717) is 18.4 Å². The molecule has 2 fully saturated rings. The Morgan fingerprint density at radius 1 is 0.950 bits per heavy atom. The molecule has 2 atom stereocenters. The minimum atomic E-state index is 0.0875. The number of ether oxygens (including phenoxy) is 1. The summed E-state index contributed by atoms with van der Waals surface area (Å²) < 4.78 is 5.63. The van der Waals surface area contributed by atoms with Crippen LogP contribution in [0.3, 0.4) is 0 Å². The second-order valence-electron chi connectivity index (χ2n) is 11.4. The van der Waals surface area contributed by atoms with Gasteiger partial charge >= 0.3 is 0 Å². The van der Waals surface area contributed by atoms with Gasteiger partial charge in [0.1, 0.15) is 0 Å². The summed E-state index contributed by atoms with van der Waals surface area (Å²) in [4.78, 5) is 18.3. The second kappa shape index (κ2) is 12.7. The highest BCUT2D eigenvalue weighted by Gasteiger charge is 2.34. The highest BCUT2D eigenvalue weighted by atomic mass is 35.5. The molecule has 3 heterocycles. The van der Waals surface area contributed by atoms with Crippen molar-refractivity contribution in [2.75, 3.05) is 50.0 Å². The Hall–Kier alpha value is -2.90. The van der Waals surface area contributed by atoms with Crippen molar-refractivity contribution in [3.05, 3.63) is 88.4 Å². The van der Waals surface area contributed by atoms with Crippen molar-refractivity contribution in [2.45, 2.75) is 44.7 Å². The first kappa shape index (κ1) is 27.3. The van der Waals surface area contributed by atoms with Gasteiger partial charge in [-0.1, -0.05) is 48.0 Å². The molecule has 0 bridgehead atoms. The van der Waals surface area contributed by atoms with E-state index in [9.17, 15) is 4.79 Å². The monoisotopic (exact) mass is 558 g/mol. The van der Waals surface area contributed by atoms with Gasteiger partial charge in [-0.2, -0.15) is 0 Å². The van der Waals surface area contributed by atoms with Crippen LogP contribution in [0.5, 0.6) is 0 Å². The van der Waals surface area contributed by atoms with Gasteiger partial charge in [0.25, 0.3) is 0 Å². The van der Waals surface area contributed by atoms with Crippen molar-refractivity contribution in [3.63, 3.8) is 0 Å². The molecule has 0 spiro atoms. The van der Waals surface area contributed by atoms with Crippen molar-refractivity contribution >= 4 is 34.6 Å².